The molecule has 0 spiro atoms. The first-order valence-electron chi connectivity index (χ1n) is 8.05. The lowest BCUT2D eigenvalue weighted by Crippen LogP contribution is -2.31. The molecule has 1 amide bonds. The van der Waals surface area contributed by atoms with Gasteiger partial charge in [0, 0.05) is 20.0 Å². The lowest BCUT2D eigenvalue weighted by Gasteiger charge is -2.16. The number of ether oxygens (including phenoxy) is 1. The molecule has 0 saturated carbocycles. The van der Waals surface area contributed by atoms with Gasteiger partial charge in [0.1, 0.15) is 17.4 Å². The van der Waals surface area contributed by atoms with Crippen molar-refractivity contribution in [2.24, 2.45) is 7.05 Å². The van der Waals surface area contributed by atoms with E-state index in [0.717, 1.165) is 12.2 Å². The number of aromatic amines is 1. The standard InChI is InChI=1S/C17H17N5O3/c1-21-15-13(18-10-19-16(15)23)14(20-21)17(24)22-8-7-12(9-22)25-11-5-3-2-4-6-11/h2-6,10,12H,7-9H2,1H3,(H,18,19,23)/t12-/m1/s1. The Morgan fingerprint density at radius 1 is 1.32 bits per heavy atom. The summed E-state index contributed by atoms with van der Waals surface area (Å²) in [6.45, 7) is 1.06. The van der Waals surface area contributed by atoms with Crippen LogP contribution in [0.25, 0.3) is 11.0 Å². The lowest BCUT2D eigenvalue weighted by molar-refractivity contribution is 0.0767. The second-order valence-electron chi connectivity index (χ2n) is 5.99. The minimum absolute atomic E-state index is 0.0577. The highest BCUT2D eigenvalue weighted by Crippen LogP contribution is 2.21. The summed E-state index contributed by atoms with van der Waals surface area (Å²) in [4.78, 5) is 33.1. The molecule has 0 bridgehead atoms. The Kier molecular flexibility index (Phi) is 3.72. The van der Waals surface area contributed by atoms with Crippen LogP contribution < -0.4 is 10.3 Å². The van der Waals surface area contributed by atoms with E-state index in [-0.39, 0.29) is 23.3 Å². The molecule has 1 atom stereocenters. The van der Waals surface area contributed by atoms with Gasteiger partial charge in [-0.25, -0.2) is 4.98 Å². The van der Waals surface area contributed by atoms with E-state index in [0.29, 0.717) is 24.1 Å². The summed E-state index contributed by atoms with van der Waals surface area (Å²) in [5.74, 6) is 0.557. The van der Waals surface area contributed by atoms with Gasteiger partial charge in [-0.3, -0.25) is 14.3 Å². The molecule has 128 valence electrons. The molecule has 1 aliphatic rings. The van der Waals surface area contributed by atoms with Crippen LogP contribution in [0.2, 0.25) is 0 Å². The van der Waals surface area contributed by atoms with Crippen molar-refractivity contribution in [3.8, 4) is 5.75 Å². The van der Waals surface area contributed by atoms with Crippen LogP contribution in [0.1, 0.15) is 16.9 Å². The van der Waals surface area contributed by atoms with E-state index in [2.05, 4.69) is 15.1 Å². The number of nitrogens with zero attached hydrogens (tertiary/aromatic N) is 4. The summed E-state index contributed by atoms with van der Waals surface area (Å²) >= 11 is 0. The number of nitrogens with one attached hydrogen (secondary N) is 1. The predicted octanol–water partition coefficient (Wildman–Crippen LogP) is 0.950. The Balaban J connectivity index is 1.55. The first kappa shape index (κ1) is 15.4. The molecule has 0 unspecified atom stereocenters. The molecule has 2 aromatic heterocycles. The highest BCUT2D eigenvalue weighted by Gasteiger charge is 2.31. The van der Waals surface area contributed by atoms with Gasteiger partial charge in [0.05, 0.1) is 12.9 Å². The van der Waals surface area contributed by atoms with Crippen molar-refractivity contribution in [3.05, 3.63) is 52.7 Å². The molecule has 8 nitrogen and oxygen atoms in total. The molecule has 3 aromatic rings. The van der Waals surface area contributed by atoms with Crippen molar-refractivity contribution >= 4 is 16.9 Å². The van der Waals surface area contributed by atoms with Gasteiger partial charge in [0.15, 0.2) is 11.2 Å². The fraction of sp³-hybridized carbons (Fsp3) is 0.294. The fourth-order valence-electron chi connectivity index (χ4n) is 3.11. The summed E-state index contributed by atoms with van der Waals surface area (Å²) in [5.41, 5.74) is 0.500. The van der Waals surface area contributed by atoms with Crippen molar-refractivity contribution in [3.63, 3.8) is 0 Å². The molecular weight excluding hydrogens is 322 g/mol. The van der Waals surface area contributed by atoms with Crippen LogP contribution in [0.4, 0.5) is 0 Å². The molecule has 1 saturated heterocycles. The number of likely N-dealkylation sites (tertiary alicyclic amines) is 1. The highest BCUT2D eigenvalue weighted by molar-refractivity contribution is 6.03. The summed E-state index contributed by atoms with van der Waals surface area (Å²) in [7, 11) is 1.63. The van der Waals surface area contributed by atoms with Crippen LogP contribution in [-0.4, -0.2) is 49.7 Å². The molecule has 1 fully saturated rings. The van der Waals surface area contributed by atoms with Gasteiger partial charge in [-0.1, -0.05) is 18.2 Å². The third-order valence-corrected chi connectivity index (χ3v) is 4.31. The van der Waals surface area contributed by atoms with E-state index < -0.39 is 0 Å². The maximum absolute atomic E-state index is 12.8. The zero-order valence-corrected chi connectivity index (χ0v) is 13.7. The predicted molar refractivity (Wildman–Crippen MR) is 90.5 cm³/mol. The number of aryl methyl sites for hydroxylation is 1. The van der Waals surface area contributed by atoms with Gasteiger partial charge < -0.3 is 14.6 Å². The molecule has 1 aromatic carbocycles. The fourth-order valence-corrected chi connectivity index (χ4v) is 3.11. The van der Waals surface area contributed by atoms with Gasteiger partial charge >= 0.3 is 0 Å². The van der Waals surface area contributed by atoms with Crippen LogP contribution in [0, 0.1) is 0 Å². The number of rotatable bonds is 3. The zero-order chi connectivity index (χ0) is 17.4. The van der Waals surface area contributed by atoms with Gasteiger partial charge in [0.25, 0.3) is 11.5 Å². The number of hydrogen-bond acceptors (Lipinski definition) is 5. The number of carbonyl (C=O) groups excluding carboxylic acids is 1. The van der Waals surface area contributed by atoms with E-state index in [1.165, 1.54) is 11.0 Å². The van der Waals surface area contributed by atoms with E-state index >= 15 is 0 Å². The molecule has 25 heavy (non-hydrogen) atoms. The van der Waals surface area contributed by atoms with Crippen molar-refractivity contribution in [2.75, 3.05) is 13.1 Å². The first-order chi connectivity index (χ1) is 12.1. The molecule has 0 aliphatic carbocycles. The first-order valence-corrected chi connectivity index (χ1v) is 8.05. The second kappa shape index (κ2) is 6.04. The number of fused-ring (bicyclic) bond motifs is 1. The van der Waals surface area contributed by atoms with E-state index in [9.17, 15) is 9.59 Å². The van der Waals surface area contributed by atoms with Crippen molar-refractivity contribution in [2.45, 2.75) is 12.5 Å². The SMILES string of the molecule is Cn1nc(C(=O)N2CC[C@@H](Oc3ccccc3)C2)c2nc[nH]c(=O)c21. The maximum atomic E-state index is 12.8. The van der Waals surface area contributed by atoms with Gasteiger partial charge in [-0.05, 0) is 12.1 Å². The molecule has 1 aliphatic heterocycles. The Labute approximate surface area is 143 Å². The number of H-pyrrole nitrogens is 1. The second-order valence-corrected chi connectivity index (χ2v) is 5.99. The van der Waals surface area contributed by atoms with E-state index in [1.807, 2.05) is 30.3 Å². The van der Waals surface area contributed by atoms with Gasteiger partial charge in [-0.2, -0.15) is 5.10 Å². The van der Waals surface area contributed by atoms with Gasteiger partial charge in [0.2, 0.25) is 0 Å². The Hall–Kier alpha value is -3.16. The molecule has 8 heteroatoms. The van der Waals surface area contributed by atoms with Crippen LogP contribution in [0.3, 0.4) is 0 Å². The smallest absolute Gasteiger partial charge is 0.276 e. The van der Waals surface area contributed by atoms with Crippen LogP contribution in [0.5, 0.6) is 5.75 Å². The lowest BCUT2D eigenvalue weighted by atomic mass is 10.3. The van der Waals surface area contributed by atoms with Crippen molar-refractivity contribution in [1.29, 1.82) is 0 Å². The third kappa shape index (κ3) is 2.75. The monoisotopic (exact) mass is 339 g/mol. The summed E-state index contributed by atoms with van der Waals surface area (Å²) < 4.78 is 7.30. The number of hydrogen-bond donors (Lipinski definition) is 1. The minimum atomic E-state index is -0.314. The summed E-state index contributed by atoms with van der Waals surface area (Å²) in [6.07, 6.45) is 1.98. The average Bonchev–Trinajstić information content (AvgIpc) is 3.21. The number of amides is 1. The number of para-hydroxylation sites is 1. The normalized spacial score (nSPS) is 17.2. The molecule has 4 rings (SSSR count). The van der Waals surface area contributed by atoms with Crippen LogP contribution in [-0.2, 0) is 7.05 Å². The largest absolute Gasteiger partial charge is 0.489 e. The highest BCUT2D eigenvalue weighted by atomic mass is 16.5. The Morgan fingerprint density at radius 3 is 2.92 bits per heavy atom. The van der Waals surface area contributed by atoms with Crippen molar-refractivity contribution < 1.29 is 9.53 Å². The number of aromatic nitrogens is 4. The van der Waals surface area contributed by atoms with Gasteiger partial charge in [-0.15, -0.1) is 0 Å². The molecular formula is C17H17N5O3. The minimum Gasteiger partial charge on any atom is -0.489 e. The summed E-state index contributed by atoms with van der Waals surface area (Å²) in [6, 6.07) is 9.55. The maximum Gasteiger partial charge on any atom is 0.276 e. The van der Waals surface area contributed by atoms with E-state index in [4.69, 9.17) is 4.74 Å². The Bertz CT molecular complexity index is 979. The molecule has 0 radical (unpaired) electrons. The zero-order valence-electron chi connectivity index (χ0n) is 13.7. The van der Waals surface area contributed by atoms with Crippen LogP contribution in [0.15, 0.2) is 41.5 Å². The van der Waals surface area contributed by atoms with Crippen LogP contribution >= 0.6 is 0 Å². The average molecular weight is 339 g/mol. The van der Waals surface area contributed by atoms with Crippen molar-refractivity contribution in [1.82, 2.24) is 24.6 Å². The Morgan fingerprint density at radius 2 is 2.12 bits per heavy atom. The quantitative estimate of drug-likeness (QED) is 0.767. The third-order valence-electron chi connectivity index (χ3n) is 4.31. The number of benzene rings is 1. The topological polar surface area (TPSA) is 93.1 Å². The molecule has 1 N–H and O–H groups in total. The number of carbonyl (C=O) groups is 1. The molecule has 3 heterocycles. The van der Waals surface area contributed by atoms with E-state index in [1.54, 1.807) is 11.9 Å². The summed E-state index contributed by atoms with van der Waals surface area (Å²) in [5, 5.41) is 4.21.